The zero-order valence-corrected chi connectivity index (χ0v) is 22.7. The highest BCUT2D eigenvalue weighted by Gasteiger charge is 2.34. The van der Waals surface area contributed by atoms with Crippen molar-refractivity contribution in [2.45, 2.75) is 53.0 Å². The van der Waals surface area contributed by atoms with Crippen LogP contribution in [0.4, 0.5) is 5.82 Å². The molecule has 0 bridgehead atoms. The average Bonchev–Trinajstić information content (AvgIpc) is 3.13. The number of carboxylic acid groups (broad SMARTS) is 1. The van der Waals surface area contributed by atoms with Gasteiger partial charge in [-0.2, -0.15) is 5.26 Å². The maximum Gasteiger partial charge on any atom is 0.309 e. The molecular formula is C25H30N4O6S2. The molecule has 0 atom stereocenters. The molecule has 3 rings (SSSR count). The molecule has 1 N–H and O–H groups in total. The summed E-state index contributed by atoms with van der Waals surface area (Å²) in [6.07, 6.45) is 3.16. The van der Waals surface area contributed by atoms with Crippen molar-refractivity contribution in [3.05, 3.63) is 31.9 Å². The van der Waals surface area contributed by atoms with Crippen molar-refractivity contribution in [1.82, 2.24) is 9.47 Å². The lowest BCUT2D eigenvalue weighted by atomic mass is 9.95. The molecule has 0 saturated carbocycles. The number of thiocarbonyl (C=S) groups is 1. The van der Waals surface area contributed by atoms with E-state index in [2.05, 4.69) is 0 Å². The van der Waals surface area contributed by atoms with E-state index in [4.69, 9.17) is 22.1 Å². The number of carbonyl (C=O) groups excluding carboxylic acids is 2. The monoisotopic (exact) mass is 546 g/mol. The van der Waals surface area contributed by atoms with Crippen LogP contribution in [-0.2, 0) is 25.7 Å². The van der Waals surface area contributed by atoms with Gasteiger partial charge in [0.1, 0.15) is 21.8 Å². The van der Waals surface area contributed by atoms with Gasteiger partial charge in [0.25, 0.3) is 11.5 Å². The van der Waals surface area contributed by atoms with E-state index in [1.807, 2.05) is 17.9 Å². The van der Waals surface area contributed by atoms with Crippen LogP contribution in [0.15, 0.2) is 9.70 Å². The van der Waals surface area contributed by atoms with Gasteiger partial charge in [-0.1, -0.05) is 30.9 Å². The highest BCUT2D eigenvalue weighted by atomic mass is 32.2. The first-order valence-electron chi connectivity index (χ1n) is 12.2. The maximum absolute atomic E-state index is 13.3. The zero-order valence-electron chi connectivity index (χ0n) is 21.1. The fourth-order valence-electron chi connectivity index (χ4n) is 4.53. The number of thioether (sulfide) groups is 1. The van der Waals surface area contributed by atoms with E-state index in [0.717, 1.165) is 11.8 Å². The Labute approximate surface area is 224 Å². The van der Waals surface area contributed by atoms with Crippen LogP contribution in [-0.4, -0.2) is 63.0 Å². The molecule has 1 aromatic heterocycles. The summed E-state index contributed by atoms with van der Waals surface area (Å²) in [6, 6.07) is 2.02. The molecule has 1 amide bonds. The third-order valence-electron chi connectivity index (χ3n) is 6.41. The predicted molar refractivity (Wildman–Crippen MR) is 144 cm³/mol. The smallest absolute Gasteiger partial charge is 0.309 e. The number of rotatable bonds is 9. The molecule has 0 aliphatic carbocycles. The Balaban J connectivity index is 2.09. The molecule has 3 heterocycles. The van der Waals surface area contributed by atoms with Crippen LogP contribution < -0.4 is 10.5 Å². The van der Waals surface area contributed by atoms with Gasteiger partial charge in [-0.3, -0.25) is 28.6 Å². The number of aliphatic carboxylic acids is 1. The van der Waals surface area contributed by atoms with Crippen molar-refractivity contribution >= 4 is 58.0 Å². The van der Waals surface area contributed by atoms with Gasteiger partial charge in [0, 0.05) is 31.7 Å². The summed E-state index contributed by atoms with van der Waals surface area (Å²) >= 11 is 6.39. The second-order valence-corrected chi connectivity index (χ2v) is 10.5. The first kappa shape index (κ1) is 28.4. The molecule has 2 fully saturated rings. The van der Waals surface area contributed by atoms with Gasteiger partial charge in [0.05, 0.1) is 23.9 Å². The third-order valence-corrected chi connectivity index (χ3v) is 7.78. The van der Waals surface area contributed by atoms with Gasteiger partial charge < -0.3 is 14.7 Å². The number of piperidine rings is 1. The van der Waals surface area contributed by atoms with E-state index in [1.54, 1.807) is 24.5 Å². The standard InChI is InChI=1S/C25H30N4O6S2/c1-4-9-28-21(27-10-6-16(7-11-27)24(34)35-5-2)17(15(3)18(14-26)22(28)32)13-19-23(33)29(25(36)37-19)12-8-20(30)31/h13,16H,4-12H2,1-3H3,(H,30,31)/b19-13-. The van der Waals surface area contributed by atoms with Crippen molar-refractivity contribution < 1.29 is 24.2 Å². The number of pyridine rings is 1. The molecule has 0 aromatic carbocycles. The number of anilines is 1. The van der Waals surface area contributed by atoms with Crippen LogP contribution in [0, 0.1) is 24.2 Å². The molecule has 2 aliphatic rings. The van der Waals surface area contributed by atoms with Gasteiger partial charge in [0.15, 0.2) is 0 Å². The first-order valence-corrected chi connectivity index (χ1v) is 13.4. The summed E-state index contributed by atoms with van der Waals surface area (Å²) in [5.74, 6) is -1.30. The molecule has 0 radical (unpaired) electrons. The second-order valence-electron chi connectivity index (χ2n) is 8.80. The third kappa shape index (κ3) is 6.05. The summed E-state index contributed by atoms with van der Waals surface area (Å²) < 4.78 is 7.02. The Hall–Kier alpha value is -3.17. The van der Waals surface area contributed by atoms with Crippen molar-refractivity contribution in [3.63, 3.8) is 0 Å². The number of aromatic nitrogens is 1. The van der Waals surface area contributed by atoms with Gasteiger partial charge in [-0.25, -0.2) is 0 Å². The quantitative estimate of drug-likeness (QED) is 0.280. The Bertz CT molecular complexity index is 1240. The Morgan fingerprint density at radius 1 is 1.24 bits per heavy atom. The zero-order chi connectivity index (χ0) is 27.3. The fraction of sp³-hybridized carbons (Fsp3) is 0.520. The van der Waals surface area contributed by atoms with Crippen LogP contribution in [0.2, 0.25) is 0 Å². The minimum atomic E-state index is -1.03. The van der Waals surface area contributed by atoms with E-state index in [1.165, 1.54) is 4.90 Å². The lowest BCUT2D eigenvalue weighted by Crippen LogP contribution is -2.41. The summed E-state index contributed by atoms with van der Waals surface area (Å²) in [6.45, 7) is 7.04. The highest BCUT2D eigenvalue weighted by molar-refractivity contribution is 8.26. The molecule has 1 aromatic rings. The van der Waals surface area contributed by atoms with E-state index >= 15 is 0 Å². The van der Waals surface area contributed by atoms with Crippen LogP contribution in [0.1, 0.15) is 56.2 Å². The maximum atomic E-state index is 13.3. The lowest BCUT2D eigenvalue weighted by Gasteiger charge is -2.35. The van der Waals surface area contributed by atoms with Crippen molar-refractivity contribution in [2.24, 2.45) is 5.92 Å². The van der Waals surface area contributed by atoms with Gasteiger partial charge in [-0.15, -0.1) is 0 Å². The van der Waals surface area contributed by atoms with Crippen molar-refractivity contribution in [1.29, 1.82) is 5.26 Å². The summed E-state index contributed by atoms with van der Waals surface area (Å²) in [4.78, 5) is 53.2. The summed E-state index contributed by atoms with van der Waals surface area (Å²) in [5, 5.41) is 18.8. The summed E-state index contributed by atoms with van der Waals surface area (Å²) in [7, 11) is 0. The Morgan fingerprint density at radius 2 is 1.92 bits per heavy atom. The van der Waals surface area contributed by atoms with E-state index in [9.17, 15) is 24.4 Å². The number of hydrogen-bond donors (Lipinski definition) is 1. The molecule has 2 aliphatic heterocycles. The molecular weight excluding hydrogens is 516 g/mol. The first-order chi connectivity index (χ1) is 17.6. The molecule has 12 heteroatoms. The number of nitriles is 1. The highest BCUT2D eigenvalue weighted by Crippen LogP contribution is 2.37. The van der Waals surface area contributed by atoms with E-state index in [0.29, 0.717) is 67.4 Å². The van der Waals surface area contributed by atoms with E-state index in [-0.39, 0.29) is 34.7 Å². The summed E-state index contributed by atoms with van der Waals surface area (Å²) in [5.41, 5.74) is 0.637. The number of nitrogens with zero attached hydrogens (tertiary/aromatic N) is 4. The van der Waals surface area contributed by atoms with Gasteiger partial charge in [0.2, 0.25) is 0 Å². The lowest BCUT2D eigenvalue weighted by molar-refractivity contribution is -0.148. The Morgan fingerprint density at radius 3 is 2.49 bits per heavy atom. The molecule has 10 nitrogen and oxygen atoms in total. The van der Waals surface area contributed by atoms with Crippen LogP contribution in [0.5, 0.6) is 0 Å². The number of carbonyl (C=O) groups is 3. The molecule has 0 unspecified atom stereocenters. The van der Waals surface area contributed by atoms with Crippen molar-refractivity contribution in [3.8, 4) is 6.07 Å². The Kier molecular flexibility index (Phi) is 9.50. The second kappa shape index (κ2) is 12.4. The average molecular weight is 547 g/mol. The van der Waals surface area contributed by atoms with Crippen LogP contribution in [0.25, 0.3) is 6.08 Å². The number of esters is 1. The van der Waals surface area contributed by atoms with E-state index < -0.39 is 17.4 Å². The van der Waals surface area contributed by atoms with Gasteiger partial charge in [-0.05, 0) is 44.7 Å². The number of amides is 1. The van der Waals surface area contributed by atoms with Gasteiger partial charge >= 0.3 is 11.9 Å². The minimum Gasteiger partial charge on any atom is -0.481 e. The topological polar surface area (TPSA) is 133 Å². The van der Waals surface area contributed by atoms with Crippen molar-refractivity contribution in [2.75, 3.05) is 31.1 Å². The molecule has 37 heavy (non-hydrogen) atoms. The number of carboxylic acids is 1. The predicted octanol–water partition coefficient (Wildman–Crippen LogP) is 2.89. The number of hydrogen-bond acceptors (Lipinski definition) is 9. The fourth-order valence-corrected chi connectivity index (χ4v) is 5.82. The molecule has 0 spiro atoms. The van der Waals surface area contributed by atoms with Crippen LogP contribution in [0.3, 0.4) is 0 Å². The molecule has 198 valence electrons. The largest absolute Gasteiger partial charge is 0.481 e. The SMILES string of the molecule is CCCn1c(N2CCC(C(=O)OCC)CC2)c(/C=C2\SC(=S)N(CCC(=O)O)C2=O)c(C)c(C#N)c1=O. The number of ether oxygens (including phenoxy) is 1. The van der Waals surface area contributed by atoms with Crippen LogP contribution >= 0.6 is 24.0 Å². The normalized spacial score (nSPS) is 17.4. The minimum absolute atomic E-state index is 0.00575. The molecule has 2 saturated heterocycles.